The average molecular weight is 231 g/mol. The quantitative estimate of drug-likeness (QED) is 0.789. The summed E-state index contributed by atoms with van der Waals surface area (Å²) < 4.78 is 0. The summed E-state index contributed by atoms with van der Waals surface area (Å²) in [6.45, 7) is 14.1. The highest BCUT2D eigenvalue weighted by Gasteiger charge is 1.91. The van der Waals surface area contributed by atoms with Crippen molar-refractivity contribution in [3.8, 4) is 0 Å². The molecular weight excluding hydrogens is 210 g/mol. The van der Waals surface area contributed by atoms with Crippen molar-refractivity contribution >= 4 is 6.21 Å². The molecule has 3 heteroatoms. The molecule has 0 bridgehead atoms. The lowest BCUT2D eigenvalue weighted by atomic mass is 10.3. The van der Waals surface area contributed by atoms with Crippen molar-refractivity contribution in [3.05, 3.63) is 54.6 Å². The third-order valence-electron chi connectivity index (χ3n) is 1.66. The Balaban J connectivity index is 0.00000121. The molecule has 0 fully saturated rings. The Morgan fingerprint density at radius 3 is 2.71 bits per heavy atom. The summed E-state index contributed by atoms with van der Waals surface area (Å²) >= 11 is 0. The van der Waals surface area contributed by atoms with E-state index >= 15 is 0 Å². The van der Waals surface area contributed by atoms with Gasteiger partial charge >= 0.3 is 0 Å². The molecule has 1 N–H and O–H groups in total. The molecule has 0 saturated heterocycles. The number of nitrogens with zero attached hydrogens (tertiary/aromatic N) is 2. The molecular formula is C14H21N3. The molecule has 0 amide bonds. The number of aliphatic imine (C=N–C) groups is 1. The zero-order chi connectivity index (χ0) is 13.1. The summed E-state index contributed by atoms with van der Waals surface area (Å²) in [5.74, 6) is 0.627. The number of pyridine rings is 1. The molecule has 1 aromatic heterocycles. The first-order valence-corrected chi connectivity index (χ1v) is 5.70. The molecule has 17 heavy (non-hydrogen) atoms. The Hall–Kier alpha value is -1.90. The predicted octanol–water partition coefficient (Wildman–Crippen LogP) is 3.32. The monoisotopic (exact) mass is 231 g/mol. The molecule has 3 nitrogen and oxygen atoms in total. The van der Waals surface area contributed by atoms with Crippen LogP contribution in [0.1, 0.15) is 26.3 Å². The van der Waals surface area contributed by atoms with Crippen molar-refractivity contribution < 1.29 is 0 Å². The minimum Gasteiger partial charge on any atom is -0.366 e. The maximum Gasteiger partial charge on any atom is 0.118 e. The van der Waals surface area contributed by atoms with E-state index in [2.05, 4.69) is 28.5 Å². The summed E-state index contributed by atoms with van der Waals surface area (Å²) in [6.07, 6.45) is 5.23. The number of allylic oxidation sites excluding steroid dienone is 1. The fourth-order valence-corrected chi connectivity index (χ4v) is 0.941. The van der Waals surface area contributed by atoms with E-state index < -0.39 is 0 Å². The second kappa shape index (κ2) is 9.33. The van der Waals surface area contributed by atoms with Crippen LogP contribution in [-0.4, -0.2) is 11.2 Å². The third-order valence-corrected chi connectivity index (χ3v) is 1.66. The van der Waals surface area contributed by atoms with E-state index in [-0.39, 0.29) is 0 Å². The number of hydrogen-bond donors (Lipinski definition) is 1. The maximum atomic E-state index is 4.09. The van der Waals surface area contributed by atoms with Crippen LogP contribution in [0.25, 0.3) is 0 Å². The lowest BCUT2D eigenvalue weighted by Crippen LogP contribution is -2.10. The van der Waals surface area contributed by atoms with Gasteiger partial charge in [0.05, 0.1) is 0 Å². The molecule has 1 rings (SSSR count). The van der Waals surface area contributed by atoms with Crippen LogP contribution in [0.5, 0.6) is 0 Å². The highest BCUT2D eigenvalue weighted by Crippen LogP contribution is 1.97. The van der Waals surface area contributed by atoms with Crippen LogP contribution in [0.3, 0.4) is 0 Å². The molecule has 0 aliphatic rings. The molecule has 0 saturated carbocycles. The van der Waals surface area contributed by atoms with E-state index in [1.165, 1.54) is 0 Å². The van der Waals surface area contributed by atoms with E-state index in [1.54, 1.807) is 12.4 Å². The van der Waals surface area contributed by atoms with Crippen molar-refractivity contribution in [1.29, 1.82) is 0 Å². The summed E-state index contributed by atoms with van der Waals surface area (Å²) in [5.41, 5.74) is 2.00. The topological polar surface area (TPSA) is 37.3 Å². The van der Waals surface area contributed by atoms with Crippen LogP contribution in [0.15, 0.2) is 54.1 Å². The van der Waals surface area contributed by atoms with E-state index in [1.807, 2.05) is 39.1 Å². The van der Waals surface area contributed by atoms with Gasteiger partial charge < -0.3 is 5.32 Å². The van der Waals surface area contributed by atoms with Gasteiger partial charge in [0, 0.05) is 25.2 Å². The summed E-state index contributed by atoms with van der Waals surface area (Å²) in [4.78, 5) is 8.10. The highest BCUT2D eigenvalue weighted by molar-refractivity contribution is 5.77. The smallest absolute Gasteiger partial charge is 0.118 e. The molecule has 0 spiro atoms. The molecule has 0 aliphatic carbocycles. The van der Waals surface area contributed by atoms with Crippen LogP contribution >= 0.6 is 0 Å². The van der Waals surface area contributed by atoms with Gasteiger partial charge in [0.2, 0.25) is 0 Å². The van der Waals surface area contributed by atoms with Crippen LogP contribution in [0, 0.1) is 0 Å². The Labute approximate surface area is 104 Å². The fraction of sp³-hybridized carbons (Fsp3) is 0.286. The molecule has 0 unspecified atom stereocenters. The van der Waals surface area contributed by atoms with Gasteiger partial charge in [-0.15, -0.1) is 0 Å². The van der Waals surface area contributed by atoms with Crippen LogP contribution in [0.2, 0.25) is 0 Å². The molecule has 0 aromatic carbocycles. The van der Waals surface area contributed by atoms with Crippen molar-refractivity contribution in [3.63, 3.8) is 0 Å². The normalized spacial score (nSPS) is 9.35. The molecule has 92 valence electrons. The molecule has 1 heterocycles. The lowest BCUT2D eigenvalue weighted by molar-refractivity contribution is 0.802. The number of hydrogen-bond acceptors (Lipinski definition) is 3. The second-order valence-corrected chi connectivity index (χ2v) is 3.27. The van der Waals surface area contributed by atoms with Crippen LogP contribution in [0.4, 0.5) is 0 Å². The standard InChI is InChI=1S/C12H15N3.C2H6/c1-10(2)7-14-11(3)15-9-12-5-4-6-13-8-12;1-2/h4-8,15H,1,3,9H2,2H3;1-2H3/b14-7-;. The zero-order valence-corrected chi connectivity index (χ0v) is 10.9. The lowest BCUT2D eigenvalue weighted by Gasteiger charge is -2.04. The van der Waals surface area contributed by atoms with Crippen molar-refractivity contribution in [1.82, 2.24) is 10.3 Å². The van der Waals surface area contributed by atoms with Crippen molar-refractivity contribution in [2.75, 3.05) is 0 Å². The minimum atomic E-state index is 0.627. The zero-order valence-electron chi connectivity index (χ0n) is 10.9. The van der Waals surface area contributed by atoms with Gasteiger partial charge in [-0.1, -0.05) is 33.1 Å². The Kier molecular flexibility index (Phi) is 8.29. The van der Waals surface area contributed by atoms with E-state index in [4.69, 9.17) is 0 Å². The summed E-state index contributed by atoms with van der Waals surface area (Å²) in [7, 11) is 0. The summed E-state index contributed by atoms with van der Waals surface area (Å²) in [5, 5.41) is 3.08. The maximum absolute atomic E-state index is 4.09. The third kappa shape index (κ3) is 7.96. The van der Waals surface area contributed by atoms with Gasteiger partial charge in [-0.05, 0) is 24.1 Å². The van der Waals surface area contributed by atoms with Crippen molar-refractivity contribution in [2.45, 2.75) is 27.3 Å². The Bertz CT molecular complexity index is 366. The largest absolute Gasteiger partial charge is 0.366 e. The SMILES string of the molecule is C=C(C)/C=N\C(=C)NCc1cccnc1.CC. The highest BCUT2D eigenvalue weighted by atomic mass is 15.0. The second-order valence-electron chi connectivity index (χ2n) is 3.27. The number of aromatic nitrogens is 1. The minimum absolute atomic E-state index is 0.627. The van der Waals surface area contributed by atoms with Crippen LogP contribution in [-0.2, 0) is 6.54 Å². The van der Waals surface area contributed by atoms with Gasteiger partial charge in [-0.2, -0.15) is 0 Å². The first-order valence-electron chi connectivity index (χ1n) is 5.70. The van der Waals surface area contributed by atoms with Gasteiger partial charge in [-0.25, -0.2) is 4.99 Å². The van der Waals surface area contributed by atoms with Crippen molar-refractivity contribution in [2.24, 2.45) is 4.99 Å². The predicted molar refractivity (Wildman–Crippen MR) is 74.9 cm³/mol. The Morgan fingerprint density at radius 2 is 2.18 bits per heavy atom. The first kappa shape index (κ1) is 15.1. The van der Waals surface area contributed by atoms with E-state index in [0.717, 1.165) is 11.1 Å². The first-order chi connectivity index (χ1) is 8.18. The van der Waals surface area contributed by atoms with E-state index in [9.17, 15) is 0 Å². The van der Waals surface area contributed by atoms with Gasteiger partial charge in [0.15, 0.2) is 0 Å². The van der Waals surface area contributed by atoms with Crippen LogP contribution < -0.4 is 5.32 Å². The average Bonchev–Trinajstić information content (AvgIpc) is 2.37. The fourth-order valence-electron chi connectivity index (χ4n) is 0.941. The number of rotatable bonds is 5. The Morgan fingerprint density at radius 1 is 1.47 bits per heavy atom. The number of nitrogens with one attached hydrogen (secondary N) is 1. The molecule has 1 aromatic rings. The summed E-state index contributed by atoms with van der Waals surface area (Å²) in [6, 6.07) is 3.90. The van der Waals surface area contributed by atoms with E-state index in [0.29, 0.717) is 12.4 Å². The molecule has 0 aliphatic heterocycles. The van der Waals surface area contributed by atoms with Gasteiger partial charge in [-0.3, -0.25) is 4.98 Å². The molecule has 0 radical (unpaired) electrons. The van der Waals surface area contributed by atoms with Gasteiger partial charge in [0.25, 0.3) is 0 Å². The van der Waals surface area contributed by atoms with Gasteiger partial charge in [0.1, 0.15) is 5.82 Å². The molecule has 0 atom stereocenters.